The molecule has 2 aromatic rings. The van der Waals surface area contributed by atoms with Gasteiger partial charge in [0.05, 0.1) is 12.1 Å². The number of carbonyl (C=O) groups excluding carboxylic acids is 1. The highest BCUT2D eigenvalue weighted by Crippen LogP contribution is 2.08. The van der Waals surface area contributed by atoms with Crippen molar-refractivity contribution in [2.45, 2.75) is 6.54 Å². The largest absolute Gasteiger partial charge is 0.348 e. The summed E-state index contributed by atoms with van der Waals surface area (Å²) in [6, 6.07) is 17.1. The molecule has 0 radical (unpaired) electrons. The molecule has 20 heavy (non-hydrogen) atoms. The molecule has 3 nitrogen and oxygen atoms in total. The molecule has 0 aromatic heterocycles. The van der Waals surface area contributed by atoms with Gasteiger partial charge in [-0.3, -0.25) is 4.79 Å². The normalized spacial score (nSPS) is 9.45. The second-order valence-corrected chi connectivity index (χ2v) is 4.22. The third-order valence-electron chi connectivity index (χ3n) is 2.79. The lowest BCUT2D eigenvalue weighted by Crippen LogP contribution is -2.23. The van der Waals surface area contributed by atoms with Crippen LogP contribution in [0.2, 0.25) is 0 Å². The van der Waals surface area contributed by atoms with E-state index in [0.717, 1.165) is 5.56 Å². The highest BCUT2D eigenvalue weighted by Gasteiger charge is 2.08. The molecule has 0 atom stereocenters. The average molecular weight is 264 g/mol. The fraction of sp³-hybridized carbons (Fsp3) is 0.118. The number of rotatable bonds is 3. The van der Waals surface area contributed by atoms with E-state index in [1.54, 1.807) is 6.07 Å². The SMILES string of the molecule is NCC#Cc1ccccc1C(=O)NCc1ccccc1. The molecular weight excluding hydrogens is 248 g/mol. The molecule has 0 aliphatic carbocycles. The fourth-order valence-electron chi connectivity index (χ4n) is 1.81. The first kappa shape index (κ1) is 13.9. The van der Waals surface area contributed by atoms with E-state index < -0.39 is 0 Å². The zero-order chi connectivity index (χ0) is 14.2. The molecule has 0 unspecified atom stereocenters. The number of hydrogen-bond acceptors (Lipinski definition) is 2. The summed E-state index contributed by atoms with van der Waals surface area (Å²) in [5, 5.41) is 2.89. The highest BCUT2D eigenvalue weighted by molar-refractivity contribution is 5.96. The predicted octanol–water partition coefficient (Wildman–Crippen LogP) is 1.93. The second-order valence-electron chi connectivity index (χ2n) is 4.22. The van der Waals surface area contributed by atoms with Crippen LogP contribution in [0.1, 0.15) is 21.5 Å². The number of hydrogen-bond donors (Lipinski definition) is 2. The monoisotopic (exact) mass is 264 g/mol. The van der Waals surface area contributed by atoms with Gasteiger partial charge < -0.3 is 11.1 Å². The predicted molar refractivity (Wildman–Crippen MR) is 80.0 cm³/mol. The fourth-order valence-corrected chi connectivity index (χ4v) is 1.81. The van der Waals surface area contributed by atoms with Gasteiger partial charge in [0.15, 0.2) is 0 Å². The molecule has 2 rings (SSSR count). The molecule has 0 spiro atoms. The first-order chi connectivity index (χ1) is 9.81. The van der Waals surface area contributed by atoms with Crippen molar-refractivity contribution in [3.8, 4) is 11.8 Å². The van der Waals surface area contributed by atoms with E-state index in [9.17, 15) is 4.79 Å². The van der Waals surface area contributed by atoms with Crippen LogP contribution in [0, 0.1) is 11.8 Å². The molecule has 0 saturated carbocycles. The molecule has 0 bridgehead atoms. The van der Waals surface area contributed by atoms with Gasteiger partial charge in [-0.25, -0.2) is 0 Å². The van der Waals surface area contributed by atoms with Crippen molar-refractivity contribution in [3.63, 3.8) is 0 Å². The van der Waals surface area contributed by atoms with Gasteiger partial charge in [-0.2, -0.15) is 0 Å². The summed E-state index contributed by atoms with van der Waals surface area (Å²) < 4.78 is 0. The number of nitrogens with one attached hydrogen (secondary N) is 1. The third kappa shape index (κ3) is 3.71. The standard InChI is InChI=1S/C17H16N2O/c18-12-6-10-15-9-4-5-11-16(15)17(20)19-13-14-7-2-1-3-8-14/h1-5,7-9,11H,12-13,18H2,(H,19,20). The summed E-state index contributed by atoms with van der Waals surface area (Å²) in [5.41, 5.74) is 7.70. The summed E-state index contributed by atoms with van der Waals surface area (Å²) in [6.07, 6.45) is 0. The Bertz CT molecular complexity index is 639. The van der Waals surface area contributed by atoms with E-state index >= 15 is 0 Å². The summed E-state index contributed by atoms with van der Waals surface area (Å²) in [6.45, 7) is 0.776. The Hall–Kier alpha value is -2.57. The summed E-state index contributed by atoms with van der Waals surface area (Å²) in [5.74, 6) is 5.56. The van der Waals surface area contributed by atoms with E-state index in [1.807, 2.05) is 48.5 Å². The van der Waals surface area contributed by atoms with Gasteiger partial charge >= 0.3 is 0 Å². The summed E-state index contributed by atoms with van der Waals surface area (Å²) in [4.78, 5) is 12.2. The van der Waals surface area contributed by atoms with Crippen molar-refractivity contribution < 1.29 is 4.79 Å². The molecule has 0 heterocycles. The maximum Gasteiger partial charge on any atom is 0.252 e. The molecule has 0 aliphatic heterocycles. The second kappa shape index (κ2) is 7.13. The van der Waals surface area contributed by atoms with Crippen molar-refractivity contribution in [1.29, 1.82) is 0 Å². The van der Waals surface area contributed by atoms with Gasteiger partial charge in [0.2, 0.25) is 0 Å². The number of amides is 1. The first-order valence-corrected chi connectivity index (χ1v) is 6.41. The number of benzene rings is 2. The van der Waals surface area contributed by atoms with Crippen molar-refractivity contribution in [2.75, 3.05) is 6.54 Å². The van der Waals surface area contributed by atoms with E-state index in [1.165, 1.54) is 0 Å². The molecule has 0 saturated heterocycles. The molecule has 2 aromatic carbocycles. The van der Waals surface area contributed by atoms with E-state index in [0.29, 0.717) is 17.7 Å². The Morgan fingerprint density at radius 2 is 1.75 bits per heavy atom. The summed E-state index contributed by atoms with van der Waals surface area (Å²) >= 11 is 0. The lowest BCUT2D eigenvalue weighted by Gasteiger charge is -2.07. The van der Waals surface area contributed by atoms with Crippen molar-refractivity contribution >= 4 is 5.91 Å². The van der Waals surface area contributed by atoms with Gasteiger partial charge in [0.1, 0.15) is 0 Å². The Morgan fingerprint density at radius 1 is 1.05 bits per heavy atom. The number of nitrogens with two attached hydrogens (primary N) is 1. The third-order valence-corrected chi connectivity index (χ3v) is 2.79. The minimum atomic E-state index is -0.129. The first-order valence-electron chi connectivity index (χ1n) is 6.41. The van der Waals surface area contributed by atoms with Crippen LogP contribution in [0.15, 0.2) is 54.6 Å². The zero-order valence-electron chi connectivity index (χ0n) is 11.1. The summed E-state index contributed by atoms with van der Waals surface area (Å²) in [7, 11) is 0. The molecule has 3 N–H and O–H groups in total. The van der Waals surface area contributed by atoms with Crippen LogP contribution < -0.4 is 11.1 Å². The van der Waals surface area contributed by atoms with Crippen LogP contribution in [-0.2, 0) is 6.54 Å². The molecular formula is C17H16N2O. The highest BCUT2D eigenvalue weighted by atomic mass is 16.1. The van der Waals surface area contributed by atoms with Crippen LogP contribution in [0.5, 0.6) is 0 Å². The molecule has 100 valence electrons. The smallest absolute Gasteiger partial charge is 0.252 e. The number of carbonyl (C=O) groups is 1. The van der Waals surface area contributed by atoms with Crippen LogP contribution >= 0.6 is 0 Å². The minimum absolute atomic E-state index is 0.129. The van der Waals surface area contributed by atoms with Gasteiger partial charge in [-0.1, -0.05) is 54.3 Å². The lowest BCUT2D eigenvalue weighted by atomic mass is 10.1. The molecule has 0 fully saturated rings. The van der Waals surface area contributed by atoms with Gasteiger partial charge in [0, 0.05) is 12.1 Å². The van der Waals surface area contributed by atoms with Crippen molar-refractivity contribution in [2.24, 2.45) is 5.73 Å². The van der Waals surface area contributed by atoms with Crippen LogP contribution in [0.4, 0.5) is 0 Å². The van der Waals surface area contributed by atoms with Crippen LogP contribution in [-0.4, -0.2) is 12.5 Å². The van der Waals surface area contributed by atoms with Gasteiger partial charge in [-0.15, -0.1) is 0 Å². The quantitative estimate of drug-likeness (QED) is 0.832. The van der Waals surface area contributed by atoms with Crippen LogP contribution in [0.3, 0.4) is 0 Å². The van der Waals surface area contributed by atoms with E-state index in [2.05, 4.69) is 17.2 Å². The van der Waals surface area contributed by atoms with Crippen molar-refractivity contribution in [1.82, 2.24) is 5.32 Å². The maximum atomic E-state index is 12.2. The van der Waals surface area contributed by atoms with Crippen LogP contribution in [0.25, 0.3) is 0 Å². The van der Waals surface area contributed by atoms with Crippen molar-refractivity contribution in [3.05, 3.63) is 71.3 Å². The lowest BCUT2D eigenvalue weighted by molar-refractivity contribution is 0.0950. The Labute approximate surface area is 118 Å². The van der Waals surface area contributed by atoms with E-state index in [4.69, 9.17) is 5.73 Å². The zero-order valence-corrected chi connectivity index (χ0v) is 11.1. The molecule has 1 amide bonds. The molecule has 3 heteroatoms. The Kier molecular flexibility index (Phi) is 4.94. The topological polar surface area (TPSA) is 55.1 Å². The Balaban J connectivity index is 2.09. The van der Waals surface area contributed by atoms with E-state index in [-0.39, 0.29) is 12.5 Å². The Morgan fingerprint density at radius 3 is 2.50 bits per heavy atom. The minimum Gasteiger partial charge on any atom is -0.348 e. The van der Waals surface area contributed by atoms with Gasteiger partial charge in [0.25, 0.3) is 5.91 Å². The maximum absolute atomic E-state index is 12.2. The molecule has 0 aliphatic rings. The average Bonchev–Trinajstić information content (AvgIpc) is 2.52. The van der Waals surface area contributed by atoms with Gasteiger partial charge in [-0.05, 0) is 17.7 Å².